The number of rotatable bonds is 8. The third kappa shape index (κ3) is 6.16. The number of piperidine rings is 1. The fourth-order valence-corrected chi connectivity index (χ4v) is 4.39. The first-order valence-electron chi connectivity index (χ1n) is 12.5. The van der Waals surface area contributed by atoms with Crippen molar-refractivity contribution < 1.29 is 13.5 Å². The van der Waals surface area contributed by atoms with Gasteiger partial charge in [0.15, 0.2) is 0 Å². The van der Waals surface area contributed by atoms with Crippen LogP contribution in [-0.2, 0) is 11.8 Å². The molecular formula is C27H35F2N5O. The molecule has 3 aromatic rings. The molecule has 0 unspecified atom stereocenters. The summed E-state index contributed by atoms with van der Waals surface area (Å²) in [6.07, 6.45) is 8.77. The van der Waals surface area contributed by atoms with E-state index < -0.39 is 11.6 Å². The highest BCUT2D eigenvalue weighted by molar-refractivity contribution is 5.62. The second kappa shape index (κ2) is 10.7. The van der Waals surface area contributed by atoms with Crippen LogP contribution in [0.25, 0.3) is 11.3 Å². The standard InChI is InChI=1S/C27H35F2N5O/c1-5-18-16-30-26(31-17-18)34-10-8-19(9-11-34)7-6-12-35-20-13-21(28)25(22(29)14-20)23-15-24(33-32-23)27(2,3)4/h13-17,19H,5-12H2,1-4H3,(H,32,33). The average molecular weight is 484 g/mol. The summed E-state index contributed by atoms with van der Waals surface area (Å²) < 4.78 is 35.1. The molecule has 0 saturated carbocycles. The van der Waals surface area contributed by atoms with E-state index in [9.17, 15) is 8.78 Å². The number of aromatic amines is 1. The van der Waals surface area contributed by atoms with Crippen molar-refractivity contribution in [2.24, 2.45) is 5.92 Å². The Labute approximate surface area is 206 Å². The van der Waals surface area contributed by atoms with Gasteiger partial charge >= 0.3 is 0 Å². The summed E-state index contributed by atoms with van der Waals surface area (Å²) in [5.41, 5.74) is 1.90. The number of nitrogens with one attached hydrogen (secondary N) is 1. The second-order valence-electron chi connectivity index (χ2n) is 10.3. The fraction of sp³-hybridized carbons (Fsp3) is 0.519. The van der Waals surface area contributed by atoms with E-state index in [1.807, 2.05) is 33.2 Å². The van der Waals surface area contributed by atoms with Gasteiger partial charge in [0.05, 0.1) is 17.9 Å². The van der Waals surface area contributed by atoms with Gasteiger partial charge < -0.3 is 9.64 Å². The lowest BCUT2D eigenvalue weighted by Gasteiger charge is -2.32. The smallest absolute Gasteiger partial charge is 0.225 e. The molecule has 1 fully saturated rings. The van der Waals surface area contributed by atoms with Gasteiger partial charge in [-0.2, -0.15) is 5.10 Å². The van der Waals surface area contributed by atoms with E-state index in [1.165, 1.54) is 12.1 Å². The Morgan fingerprint density at radius 2 is 1.71 bits per heavy atom. The summed E-state index contributed by atoms with van der Waals surface area (Å²) in [5, 5.41) is 6.98. The third-order valence-electron chi connectivity index (χ3n) is 6.68. The summed E-state index contributed by atoms with van der Waals surface area (Å²) in [6, 6.07) is 4.18. The van der Waals surface area contributed by atoms with Gasteiger partial charge in [0.1, 0.15) is 17.4 Å². The first-order chi connectivity index (χ1) is 16.7. The van der Waals surface area contributed by atoms with Crippen molar-refractivity contribution in [3.8, 4) is 17.0 Å². The van der Waals surface area contributed by atoms with E-state index in [-0.39, 0.29) is 22.4 Å². The van der Waals surface area contributed by atoms with Crippen molar-refractivity contribution in [2.45, 2.75) is 65.2 Å². The van der Waals surface area contributed by atoms with Gasteiger partial charge in [-0.15, -0.1) is 0 Å². The fourth-order valence-electron chi connectivity index (χ4n) is 4.39. The summed E-state index contributed by atoms with van der Waals surface area (Å²) in [6.45, 7) is 10.4. The largest absolute Gasteiger partial charge is 0.493 e. The number of benzene rings is 1. The SMILES string of the molecule is CCc1cnc(N2CCC(CCCOc3cc(F)c(-c4cc(C(C)(C)C)[nH]n4)c(F)c3)CC2)nc1. The molecule has 4 rings (SSSR count). The van der Waals surface area contributed by atoms with Crippen LogP contribution in [0.5, 0.6) is 5.75 Å². The van der Waals surface area contributed by atoms with E-state index in [1.54, 1.807) is 6.07 Å². The molecule has 0 atom stereocenters. The van der Waals surface area contributed by atoms with Crippen LogP contribution in [0.15, 0.2) is 30.6 Å². The molecule has 1 N–H and O–H groups in total. The van der Waals surface area contributed by atoms with Crippen LogP contribution >= 0.6 is 0 Å². The lowest BCUT2D eigenvalue weighted by molar-refractivity contribution is 0.277. The van der Waals surface area contributed by atoms with E-state index in [0.29, 0.717) is 12.5 Å². The predicted octanol–water partition coefficient (Wildman–Crippen LogP) is 6.08. The number of hydrogen-bond donors (Lipinski definition) is 1. The van der Waals surface area contributed by atoms with Crippen LogP contribution in [0.1, 0.15) is 64.6 Å². The van der Waals surface area contributed by atoms with Gasteiger partial charge in [-0.1, -0.05) is 27.7 Å². The van der Waals surface area contributed by atoms with Crippen molar-refractivity contribution in [3.63, 3.8) is 0 Å². The van der Waals surface area contributed by atoms with Gasteiger partial charge in [0, 0.05) is 48.7 Å². The Kier molecular flexibility index (Phi) is 7.67. The maximum Gasteiger partial charge on any atom is 0.225 e. The molecule has 188 valence electrons. The van der Waals surface area contributed by atoms with Crippen molar-refractivity contribution in [3.05, 3.63) is 53.5 Å². The van der Waals surface area contributed by atoms with Crippen molar-refractivity contribution in [1.82, 2.24) is 20.2 Å². The molecule has 3 heterocycles. The molecule has 8 heteroatoms. The van der Waals surface area contributed by atoms with Crippen molar-refractivity contribution >= 4 is 5.95 Å². The quantitative estimate of drug-likeness (QED) is 0.393. The van der Waals surface area contributed by atoms with Crippen LogP contribution in [-0.4, -0.2) is 39.9 Å². The molecule has 1 aliphatic rings. The Morgan fingerprint density at radius 1 is 1.06 bits per heavy atom. The maximum absolute atomic E-state index is 14.7. The maximum atomic E-state index is 14.7. The molecule has 0 radical (unpaired) electrons. The van der Waals surface area contributed by atoms with Crippen LogP contribution in [0.3, 0.4) is 0 Å². The number of aromatic nitrogens is 4. The number of anilines is 1. The normalized spacial score (nSPS) is 15.0. The number of halogens is 2. The Morgan fingerprint density at radius 3 is 2.29 bits per heavy atom. The highest BCUT2D eigenvalue weighted by Gasteiger charge is 2.22. The first kappa shape index (κ1) is 25.1. The topological polar surface area (TPSA) is 66.9 Å². The van der Waals surface area contributed by atoms with Gasteiger partial charge in [-0.05, 0) is 49.7 Å². The lowest BCUT2D eigenvalue weighted by atomic mass is 9.92. The lowest BCUT2D eigenvalue weighted by Crippen LogP contribution is -2.35. The highest BCUT2D eigenvalue weighted by Crippen LogP contribution is 2.31. The predicted molar refractivity (Wildman–Crippen MR) is 134 cm³/mol. The van der Waals surface area contributed by atoms with E-state index in [2.05, 4.69) is 32.0 Å². The molecule has 0 bridgehead atoms. The van der Waals surface area contributed by atoms with Gasteiger partial charge in [-0.25, -0.2) is 18.7 Å². The first-order valence-corrected chi connectivity index (χ1v) is 12.5. The Hall–Kier alpha value is -3.03. The molecule has 2 aromatic heterocycles. The van der Waals surface area contributed by atoms with Crippen LogP contribution in [0, 0.1) is 17.6 Å². The minimum Gasteiger partial charge on any atom is -0.493 e. The van der Waals surface area contributed by atoms with E-state index >= 15 is 0 Å². The Bertz CT molecular complexity index is 1090. The number of hydrogen-bond acceptors (Lipinski definition) is 5. The molecule has 0 spiro atoms. The number of nitrogens with zero attached hydrogens (tertiary/aromatic N) is 4. The zero-order valence-electron chi connectivity index (χ0n) is 21.1. The number of aryl methyl sites for hydroxylation is 1. The van der Waals surface area contributed by atoms with Crippen molar-refractivity contribution in [1.29, 1.82) is 0 Å². The molecule has 0 amide bonds. The average Bonchev–Trinajstić information content (AvgIpc) is 3.32. The summed E-state index contributed by atoms with van der Waals surface area (Å²) in [5.74, 6) is 0.276. The van der Waals surface area contributed by atoms with Crippen LogP contribution < -0.4 is 9.64 Å². The monoisotopic (exact) mass is 483 g/mol. The highest BCUT2D eigenvalue weighted by atomic mass is 19.1. The Balaban J connectivity index is 1.24. The molecule has 0 aliphatic carbocycles. The van der Waals surface area contributed by atoms with E-state index in [0.717, 1.165) is 62.4 Å². The minimum atomic E-state index is -0.673. The molecule has 1 saturated heterocycles. The van der Waals surface area contributed by atoms with Crippen LogP contribution in [0.4, 0.5) is 14.7 Å². The zero-order chi connectivity index (χ0) is 25.0. The minimum absolute atomic E-state index is 0.135. The molecule has 1 aromatic carbocycles. The van der Waals surface area contributed by atoms with Gasteiger partial charge in [0.2, 0.25) is 5.95 Å². The zero-order valence-corrected chi connectivity index (χ0v) is 21.1. The molecule has 35 heavy (non-hydrogen) atoms. The second-order valence-corrected chi connectivity index (χ2v) is 10.3. The van der Waals surface area contributed by atoms with Crippen LogP contribution in [0.2, 0.25) is 0 Å². The van der Waals surface area contributed by atoms with Gasteiger partial charge in [-0.3, -0.25) is 5.10 Å². The molecule has 1 aliphatic heterocycles. The summed E-state index contributed by atoms with van der Waals surface area (Å²) in [7, 11) is 0. The van der Waals surface area contributed by atoms with Gasteiger partial charge in [0.25, 0.3) is 0 Å². The number of ether oxygens (including phenoxy) is 1. The third-order valence-corrected chi connectivity index (χ3v) is 6.68. The van der Waals surface area contributed by atoms with E-state index in [4.69, 9.17) is 4.74 Å². The number of H-pyrrole nitrogens is 1. The molecular weight excluding hydrogens is 448 g/mol. The van der Waals surface area contributed by atoms with Crippen molar-refractivity contribution in [2.75, 3.05) is 24.6 Å². The molecule has 6 nitrogen and oxygen atoms in total. The summed E-state index contributed by atoms with van der Waals surface area (Å²) in [4.78, 5) is 11.2. The summed E-state index contributed by atoms with van der Waals surface area (Å²) >= 11 is 0.